The standard InChI is InChI=1S/C27H27N3O2/c1-27(14-5-3-6-15-27)16-13-23-18-22(29-30-23)11-9-21-10-12-25(19-26(21)31-2)32-20-24-8-4-7-17-28-24/h3-14,16-19H,15,20H2,1-2H3,(H,29,30)/b11-9+,16-13+. The number of nitrogens with zero attached hydrogens (tertiary/aromatic N) is 2. The van der Waals surface area contributed by atoms with Crippen molar-refractivity contribution in [3.05, 3.63) is 102 Å². The molecular weight excluding hydrogens is 398 g/mol. The van der Waals surface area contributed by atoms with Crippen molar-refractivity contribution in [2.24, 2.45) is 5.41 Å². The van der Waals surface area contributed by atoms with Gasteiger partial charge < -0.3 is 9.47 Å². The zero-order valence-electron chi connectivity index (χ0n) is 18.4. The maximum atomic E-state index is 5.84. The van der Waals surface area contributed by atoms with Crippen LogP contribution in [-0.4, -0.2) is 22.3 Å². The Labute approximate surface area is 188 Å². The molecule has 162 valence electrons. The van der Waals surface area contributed by atoms with Crippen LogP contribution >= 0.6 is 0 Å². The van der Waals surface area contributed by atoms with E-state index in [0.717, 1.165) is 40.6 Å². The zero-order valence-corrected chi connectivity index (χ0v) is 18.4. The van der Waals surface area contributed by atoms with E-state index in [9.17, 15) is 0 Å². The van der Waals surface area contributed by atoms with Gasteiger partial charge in [0.05, 0.1) is 24.2 Å². The first-order valence-corrected chi connectivity index (χ1v) is 10.6. The first-order valence-electron chi connectivity index (χ1n) is 10.6. The minimum Gasteiger partial charge on any atom is -0.496 e. The number of aromatic nitrogens is 3. The first-order chi connectivity index (χ1) is 15.6. The summed E-state index contributed by atoms with van der Waals surface area (Å²) in [6.45, 7) is 2.63. The number of hydrogen-bond acceptors (Lipinski definition) is 4. The van der Waals surface area contributed by atoms with Crippen LogP contribution in [0.15, 0.2) is 79.0 Å². The Bertz CT molecular complexity index is 1160. The highest BCUT2D eigenvalue weighted by atomic mass is 16.5. The number of pyridine rings is 1. The molecule has 0 radical (unpaired) electrons. The third-order valence-corrected chi connectivity index (χ3v) is 5.29. The molecule has 1 unspecified atom stereocenters. The second kappa shape index (κ2) is 9.96. The van der Waals surface area contributed by atoms with Gasteiger partial charge in [-0.3, -0.25) is 10.1 Å². The van der Waals surface area contributed by atoms with Crippen LogP contribution < -0.4 is 9.47 Å². The van der Waals surface area contributed by atoms with Crippen LogP contribution in [0.2, 0.25) is 0 Å². The normalized spacial score (nSPS) is 17.9. The quantitative estimate of drug-likeness (QED) is 0.474. The van der Waals surface area contributed by atoms with E-state index >= 15 is 0 Å². The van der Waals surface area contributed by atoms with Gasteiger partial charge in [0.25, 0.3) is 0 Å². The lowest BCUT2D eigenvalue weighted by Gasteiger charge is -2.21. The minimum atomic E-state index is 0.0453. The third-order valence-electron chi connectivity index (χ3n) is 5.29. The Morgan fingerprint density at radius 3 is 2.81 bits per heavy atom. The van der Waals surface area contributed by atoms with E-state index in [1.807, 2.05) is 54.6 Å². The van der Waals surface area contributed by atoms with Crippen LogP contribution in [0, 0.1) is 5.41 Å². The van der Waals surface area contributed by atoms with Crippen molar-refractivity contribution in [3.8, 4) is 11.5 Å². The number of benzene rings is 1. The van der Waals surface area contributed by atoms with Gasteiger partial charge in [0.2, 0.25) is 0 Å². The molecule has 1 aliphatic rings. The summed E-state index contributed by atoms with van der Waals surface area (Å²) in [4.78, 5) is 4.27. The van der Waals surface area contributed by atoms with Crippen LogP contribution in [0.1, 0.15) is 36.0 Å². The molecule has 0 aliphatic heterocycles. The van der Waals surface area contributed by atoms with E-state index in [1.54, 1.807) is 13.3 Å². The topological polar surface area (TPSA) is 60.0 Å². The molecule has 1 atom stereocenters. The third kappa shape index (κ3) is 5.64. The molecule has 3 aromatic rings. The van der Waals surface area contributed by atoms with Gasteiger partial charge in [0, 0.05) is 23.2 Å². The van der Waals surface area contributed by atoms with Crippen molar-refractivity contribution in [1.82, 2.24) is 15.2 Å². The number of aromatic amines is 1. The molecule has 4 rings (SSSR count). The van der Waals surface area contributed by atoms with Crippen LogP contribution in [0.3, 0.4) is 0 Å². The summed E-state index contributed by atoms with van der Waals surface area (Å²) < 4.78 is 11.4. The molecule has 5 nitrogen and oxygen atoms in total. The monoisotopic (exact) mass is 425 g/mol. The van der Waals surface area contributed by atoms with Gasteiger partial charge in [-0.15, -0.1) is 0 Å². The average molecular weight is 426 g/mol. The number of ether oxygens (including phenoxy) is 2. The Morgan fingerprint density at radius 1 is 1.09 bits per heavy atom. The molecule has 5 heteroatoms. The second-order valence-electron chi connectivity index (χ2n) is 7.93. The lowest BCUT2D eigenvalue weighted by molar-refractivity contribution is 0.299. The molecule has 2 heterocycles. The highest BCUT2D eigenvalue weighted by Crippen LogP contribution is 2.30. The summed E-state index contributed by atoms with van der Waals surface area (Å²) >= 11 is 0. The van der Waals surface area contributed by atoms with Gasteiger partial charge >= 0.3 is 0 Å². The summed E-state index contributed by atoms with van der Waals surface area (Å²) in [5.74, 6) is 1.47. The van der Waals surface area contributed by atoms with Crippen molar-refractivity contribution in [2.75, 3.05) is 7.11 Å². The van der Waals surface area contributed by atoms with Crippen LogP contribution in [-0.2, 0) is 6.61 Å². The molecule has 0 saturated heterocycles. The number of rotatable bonds is 8. The van der Waals surface area contributed by atoms with E-state index in [0.29, 0.717) is 6.61 Å². The molecular formula is C27H27N3O2. The highest BCUT2D eigenvalue weighted by molar-refractivity contribution is 5.72. The zero-order chi connectivity index (χ0) is 22.2. The Kier molecular flexibility index (Phi) is 6.66. The van der Waals surface area contributed by atoms with Crippen molar-refractivity contribution in [3.63, 3.8) is 0 Å². The van der Waals surface area contributed by atoms with Gasteiger partial charge in [0.15, 0.2) is 0 Å². The maximum Gasteiger partial charge on any atom is 0.130 e. The number of H-pyrrole nitrogens is 1. The van der Waals surface area contributed by atoms with Crippen molar-refractivity contribution in [1.29, 1.82) is 0 Å². The Balaban J connectivity index is 1.40. The van der Waals surface area contributed by atoms with Crippen LogP contribution in [0.4, 0.5) is 0 Å². The van der Waals surface area contributed by atoms with Gasteiger partial charge in [-0.1, -0.05) is 43.4 Å². The van der Waals surface area contributed by atoms with Gasteiger partial charge in [-0.2, -0.15) is 5.10 Å². The fraction of sp³-hybridized carbons (Fsp3) is 0.185. The molecule has 0 fully saturated rings. The van der Waals surface area contributed by atoms with Gasteiger partial charge in [-0.25, -0.2) is 0 Å². The smallest absolute Gasteiger partial charge is 0.130 e. The highest BCUT2D eigenvalue weighted by Gasteiger charge is 2.16. The average Bonchev–Trinajstić information content (AvgIpc) is 3.29. The van der Waals surface area contributed by atoms with Crippen LogP contribution in [0.5, 0.6) is 11.5 Å². The van der Waals surface area contributed by atoms with Crippen LogP contribution in [0.25, 0.3) is 18.2 Å². The van der Waals surface area contributed by atoms with E-state index in [-0.39, 0.29) is 5.41 Å². The molecule has 2 aromatic heterocycles. The summed E-state index contributed by atoms with van der Waals surface area (Å²) in [5.41, 5.74) is 3.70. The second-order valence-corrected chi connectivity index (χ2v) is 7.93. The summed E-state index contributed by atoms with van der Waals surface area (Å²) in [5, 5.41) is 7.47. The maximum absolute atomic E-state index is 5.84. The molecule has 0 saturated carbocycles. The fourth-order valence-electron chi connectivity index (χ4n) is 3.41. The minimum absolute atomic E-state index is 0.0453. The van der Waals surface area contributed by atoms with Crippen molar-refractivity contribution in [2.45, 2.75) is 20.0 Å². The lowest BCUT2D eigenvalue weighted by atomic mass is 9.83. The largest absolute Gasteiger partial charge is 0.496 e. The van der Waals surface area contributed by atoms with Crippen molar-refractivity contribution < 1.29 is 9.47 Å². The summed E-state index contributed by atoms with van der Waals surface area (Å²) in [7, 11) is 1.65. The van der Waals surface area contributed by atoms with Gasteiger partial charge in [-0.05, 0) is 55.0 Å². The van der Waals surface area contributed by atoms with Gasteiger partial charge in [0.1, 0.15) is 18.1 Å². The number of methoxy groups -OCH3 is 1. The fourth-order valence-corrected chi connectivity index (χ4v) is 3.41. The van der Waals surface area contributed by atoms with E-state index < -0.39 is 0 Å². The summed E-state index contributed by atoms with van der Waals surface area (Å²) in [6, 6.07) is 13.6. The number of hydrogen-bond donors (Lipinski definition) is 1. The first kappa shape index (κ1) is 21.4. The molecule has 1 aliphatic carbocycles. The number of nitrogens with one attached hydrogen (secondary N) is 1. The Hall–Kier alpha value is -3.86. The molecule has 0 amide bonds. The SMILES string of the molecule is COc1cc(OCc2ccccn2)ccc1/C=C/c1cc(/C=C/C2(C)C=CC=CC2)[nH]n1. The summed E-state index contributed by atoms with van der Waals surface area (Å²) in [6.07, 6.45) is 19.6. The van der Waals surface area contributed by atoms with Crippen molar-refractivity contribution >= 4 is 18.2 Å². The molecule has 1 aromatic carbocycles. The molecule has 32 heavy (non-hydrogen) atoms. The lowest BCUT2D eigenvalue weighted by Crippen LogP contribution is -2.09. The number of allylic oxidation sites excluding steroid dienone is 5. The predicted octanol–water partition coefficient (Wildman–Crippen LogP) is 6.10. The molecule has 0 bridgehead atoms. The molecule has 0 spiro atoms. The van der Waals surface area contributed by atoms with E-state index in [4.69, 9.17) is 9.47 Å². The van der Waals surface area contributed by atoms with E-state index in [1.165, 1.54) is 0 Å². The predicted molar refractivity (Wildman–Crippen MR) is 129 cm³/mol. The van der Waals surface area contributed by atoms with E-state index in [2.05, 4.69) is 58.6 Å². The molecule has 1 N–H and O–H groups in total. The Morgan fingerprint density at radius 2 is 2.03 bits per heavy atom.